The van der Waals surface area contributed by atoms with E-state index in [0.29, 0.717) is 5.56 Å². The van der Waals surface area contributed by atoms with Gasteiger partial charge in [-0.3, -0.25) is 4.98 Å². The topological polar surface area (TPSA) is 63.1 Å². The van der Waals surface area contributed by atoms with Crippen molar-refractivity contribution in [1.82, 2.24) is 9.97 Å². The molecule has 92 valence electrons. The molecule has 0 spiro atoms. The van der Waals surface area contributed by atoms with Gasteiger partial charge >= 0.3 is 5.97 Å². The number of hydrogen-bond acceptors (Lipinski definition) is 3. The molecule has 4 nitrogen and oxygen atoms in total. The van der Waals surface area contributed by atoms with Crippen LogP contribution in [0.3, 0.4) is 0 Å². The van der Waals surface area contributed by atoms with Crippen LogP contribution in [-0.2, 0) is 0 Å². The molecule has 2 aromatic rings. The highest BCUT2D eigenvalue weighted by atomic mass is 19.1. The van der Waals surface area contributed by atoms with Gasteiger partial charge in [-0.25, -0.2) is 14.2 Å². The number of carboxylic acid groups (broad SMARTS) is 1. The van der Waals surface area contributed by atoms with Crippen molar-refractivity contribution in [2.45, 2.75) is 13.8 Å². The Morgan fingerprint density at radius 1 is 1.33 bits per heavy atom. The standard InChI is InChI=1S/C13H11FN2O2/c1-7-3-4-15-6-10(7)9-5-11(13(17)18)16-8(2)12(9)14/h3-6H,1-2H3,(H,17,18). The molecule has 0 saturated heterocycles. The van der Waals surface area contributed by atoms with E-state index in [2.05, 4.69) is 9.97 Å². The number of halogens is 1. The third-order valence-electron chi connectivity index (χ3n) is 2.67. The van der Waals surface area contributed by atoms with Crippen molar-refractivity contribution in [2.75, 3.05) is 0 Å². The second-order valence-electron chi connectivity index (χ2n) is 3.95. The Morgan fingerprint density at radius 3 is 2.67 bits per heavy atom. The first-order valence-electron chi connectivity index (χ1n) is 5.32. The molecule has 0 aliphatic heterocycles. The van der Waals surface area contributed by atoms with Crippen LogP contribution in [0.1, 0.15) is 21.7 Å². The van der Waals surface area contributed by atoms with Gasteiger partial charge in [-0.15, -0.1) is 0 Å². The fourth-order valence-electron chi connectivity index (χ4n) is 1.71. The molecule has 0 bridgehead atoms. The number of aromatic nitrogens is 2. The lowest BCUT2D eigenvalue weighted by molar-refractivity contribution is 0.0690. The zero-order chi connectivity index (χ0) is 13.3. The van der Waals surface area contributed by atoms with Gasteiger partial charge in [0.2, 0.25) is 0 Å². The smallest absolute Gasteiger partial charge is 0.354 e. The van der Waals surface area contributed by atoms with Gasteiger partial charge in [-0.2, -0.15) is 0 Å². The lowest BCUT2D eigenvalue weighted by Gasteiger charge is -2.09. The maximum atomic E-state index is 14.0. The maximum Gasteiger partial charge on any atom is 0.354 e. The average molecular weight is 246 g/mol. The quantitative estimate of drug-likeness (QED) is 0.884. The molecule has 2 rings (SSSR count). The predicted octanol–water partition coefficient (Wildman–Crippen LogP) is 2.60. The van der Waals surface area contributed by atoms with E-state index in [1.165, 1.54) is 19.2 Å². The molecule has 0 aromatic carbocycles. The first kappa shape index (κ1) is 12.2. The molecule has 0 saturated carbocycles. The van der Waals surface area contributed by atoms with E-state index in [1.54, 1.807) is 12.3 Å². The molecule has 2 heterocycles. The summed E-state index contributed by atoms with van der Waals surface area (Å²) in [6.45, 7) is 3.25. The van der Waals surface area contributed by atoms with Crippen LogP contribution in [0.25, 0.3) is 11.1 Å². The number of carboxylic acids is 1. The van der Waals surface area contributed by atoms with Crippen molar-refractivity contribution in [3.63, 3.8) is 0 Å². The van der Waals surface area contributed by atoms with Crippen molar-refractivity contribution >= 4 is 5.97 Å². The fraction of sp³-hybridized carbons (Fsp3) is 0.154. The summed E-state index contributed by atoms with van der Waals surface area (Å²) in [4.78, 5) is 18.6. The molecule has 0 atom stereocenters. The zero-order valence-corrected chi connectivity index (χ0v) is 9.94. The number of rotatable bonds is 2. The minimum absolute atomic E-state index is 0.0631. The number of nitrogens with zero attached hydrogens (tertiary/aromatic N) is 2. The van der Waals surface area contributed by atoms with E-state index < -0.39 is 11.8 Å². The number of aryl methyl sites for hydroxylation is 2. The zero-order valence-electron chi connectivity index (χ0n) is 9.94. The van der Waals surface area contributed by atoms with Crippen LogP contribution >= 0.6 is 0 Å². The van der Waals surface area contributed by atoms with E-state index in [0.717, 1.165) is 5.56 Å². The molecular formula is C13H11FN2O2. The van der Waals surface area contributed by atoms with Crippen LogP contribution in [0.15, 0.2) is 24.5 Å². The van der Waals surface area contributed by atoms with Gasteiger partial charge in [0.25, 0.3) is 0 Å². The lowest BCUT2D eigenvalue weighted by Crippen LogP contribution is -2.05. The van der Waals surface area contributed by atoms with Gasteiger partial charge in [0.05, 0.1) is 5.69 Å². The van der Waals surface area contributed by atoms with Gasteiger partial charge in [0, 0.05) is 23.5 Å². The van der Waals surface area contributed by atoms with E-state index >= 15 is 0 Å². The summed E-state index contributed by atoms with van der Waals surface area (Å²) in [7, 11) is 0. The van der Waals surface area contributed by atoms with Crippen LogP contribution in [0.2, 0.25) is 0 Å². The third kappa shape index (κ3) is 2.07. The van der Waals surface area contributed by atoms with E-state index in [-0.39, 0.29) is 17.0 Å². The molecule has 0 amide bonds. The molecule has 0 unspecified atom stereocenters. The predicted molar refractivity (Wildman–Crippen MR) is 63.9 cm³/mol. The molecule has 1 N–H and O–H groups in total. The average Bonchev–Trinajstić information content (AvgIpc) is 2.33. The summed E-state index contributed by atoms with van der Waals surface area (Å²) in [6.07, 6.45) is 3.11. The highest BCUT2D eigenvalue weighted by molar-refractivity contribution is 5.87. The first-order chi connectivity index (χ1) is 8.50. The molecule has 2 aromatic heterocycles. The highest BCUT2D eigenvalue weighted by Crippen LogP contribution is 2.27. The normalized spacial score (nSPS) is 10.4. The lowest BCUT2D eigenvalue weighted by atomic mass is 10.0. The van der Waals surface area contributed by atoms with Crippen molar-refractivity contribution in [2.24, 2.45) is 0 Å². The Balaban J connectivity index is 2.71. The second-order valence-corrected chi connectivity index (χ2v) is 3.95. The first-order valence-corrected chi connectivity index (χ1v) is 5.32. The van der Waals surface area contributed by atoms with Crippen molar-refractivity contribution < 1.29 is 14.3 Å². The largest absolute Gasteiger partial charge is 0.477 e. The summed E-state index contributed by atoms with van der Waals surface area (Å²) in [6, 6.07) is 2.97. The van der Waals surface area contributed by atoms with Gasteiger partial charge in [0.15, 0.2) is 5.82 Å². The highest BCUT2D eigenvalue weighted by Gasteiger charge is 2.16. The maximum absolute atomic E-state index is 14.0. The van der Waals surface area contributed by atoms with E-state index in [4.69, 9.17) is 5.11 Å². The summed E-state index contributed by atoms with van der Waals surface area (Å²) >= 11 is 0. The SMILES string of the molecule is Cc1ccncc1-c1cc(C(=O)O)nc(C)c1F. The third-order valence-corrected chi connectivity index (χ3v) is 2.67. The van der Waals surface area contributed by atoms with E-state index in [1.807, 2.05) is 6.92 Å². The number of carbonyl (C=O) groups is 1. The molecule has 5 heteroatoms. The van der Waals surface area contributed by atoms with Crippen LogP contribution in [0, 0.1) is 19.7 Å². The van der Waals surface area contributed by atoms with Gasteiger partial charge in [-0.1, -0.05) is 0 Å². The Kier molecular flexibility index (Phi) is 3.06. The van der Waals surface area contributed by atoms with Crippen LogP contribution in [0.4, 0.5) is 4.39 Å². The van der Waals surface area contributed by atoms with Crippen molar-refractivity contribution in [1.29, 1.82) is 0 Å². The van der Waals surface area contributed by atoms with Crippen molar-refractivity contribution in [3.8, 4) is 11.1 Å². The Hall–Kier alpha value is -2.30. The Morgan fingerprint density at radius 2 is 2.06 bits per heavy atom. The minimum atomic E-state index is -1.18. The molecule has 0 aliphatic carbocycles. The van der Waals surface area contributed by atoms with Gasteiger partial charge < -0.3 is 5.11 Å². The molecule has 0 fully saturated rings. The minimum Gasteiger partial charge on any atom is -0.477 e. The summed E-state index contributed by atoms with van der Waals surface area (Å²) < 4.78 is 14.0. The van der Waals surface area contributed by atoms with Gasteiger partial charge in [-0.05, 0) is 31.5 Å². The van der Waals surface area contributed by atoms with Crippen LogP contribution < -0.4 is 0 Å². The second kappa shape index (κ2) is 4.52. The Labute approximate surface area is 103 Å². The fourth-order valence-corrected chi connectivity index (χ4v) is 1.71. The molecule has 0 radical (unpaired) electrons. The van der Waals surface area contributed by atoms with E-state index in [9.17, 15) is 9.18 Å². The number of aromatic carboxylic acids is 1. The van der Waals surface area contributed by atoms with Gasteiger partial charge in [0.1, 0.15) is 5.69 Å². The summed E-state index contributed by atoms with van der Waals surface area (Å²) in [5, 5.41) is 8.94. The number of pyridine rings is 2. The molecule has 0 aliphatic rings. The molecular weight excluding hydrogens is 235 g/mol. The monoisotopic (exact) mass is 246 g/mol. The van der Waals surface area contributed by atoms with Crippen LogP contribution in [0.5, 0.6) is 0 Å². The summed E-state index contributed by atoms with van der Waals surface area (Å²) in [5.41, 5.74) is 1.50. The number of hydrogen-bond donors (Lipinski definition) is 1. The van der Waals surface area contributed by atoms with Crippen molar-refractivity contribution in [3.05, 3.63) is 47.3 Å². The molecule has 18 heavy (non-hydrogen) atoms. The summed E-state index contributed by atoms with van der Waals surface area (Å²) in [5.74, 6) is -1.70. The van der Waals surface area contributed by atoms with Crippen LogP contribution in [-0.4, -0.2) is 21.0 Å². The Bertz CT molecular complexity index is 626.